The number of likely N-dealkylation sites (tertiary alicyclic amines) is 1. The zero-order valence-corrected chi connectivity index (χ0v) is 17.1. The fraction of sp³-hybridized carbons (Fsp3) is 0.609. The number of aromatic nitrogens is 2. The summed E-state index contributed by atoms with van der Waals surface area (Å²) in [6, 6.07) is 6.12. The van der Waals surface area contributed by atoms with Gasteiger partial charge in [-0.2, -0.15) is 0 Å². The summed E-state index contributed by atoms with van der Waals surface area (Å²) in [5.41, 5.74) is 2.41. The van der Waals surface area contributed by atoms with Crippen LogP contribution in [0.25, 0.3) is 11.0 Å². The first-order chi connectivity index (χ1) is 14.2. The largest absolute Gasteiger partial charge is 0.339 e. The van der Waals surface area contributed by atoms with E-state index >= 15 is 0 Å². The molecule has 1 saturated heterocycles. The molecule has 5 rings (SSSR count). The van der Waals surface area contributed by atoms with Crippen LogP contribution in [0.15, 0.2) is 18.2 Å². The molecular formula is C23H30N4O2. The molecule has 0 N–H and O–H groups in total. The monoisotopic (exact) mass is 394 g/mol. The normalized spacial score (nSPS) is 21.3. The van der Waals surface area contributed by atoms with E-state index in [1.807, 2.05) is 32.6 Å². The van der Waals surface area contributed by atoms with E-state index in [1.54, 1.807) is 0 Å². The molecule has 0 unspecified atom stereocenters. The van der Waals surface area contributed by atoms with Crippen LogP contribution in [0.4, 0.5) is 0 Å². The summed E-state index contributed by atoms with van der Waals surface area (Å²) in [5, 5.41) is 0. The van der Waals surface area contributed by atoms with Gasteiger partial charge in [0, 0.05) is 37.8 Å². The van der Waals surface area contributed by atoms with Crippen LogP contribution in [0.5, 0.6) is 0 Å². The lowest BCUT2D eigenvalue weighted by atomic mass is 9.94. The number of imidazole rings is 1. The molecular weight excluding hydrogens is 364 g/mol. The number of nitrogens with zero attached hydrogens (tertiary/aromatic N) is 4. The first-order valence-electron chi connectivity index (χ1n) is 11.3. The molecule has 6 heteroatoms. The average molecular weight is 395 g/mol. The lowest BCUT2D eigenvalue weighted by Gasteiger charge is -2.36. The van der Waals surface area contributed by atoms with Crippen LogP contribution in [0.1, 0.15) is 78.8 Å². The third kappa shape index (κ3) is 3.43. The number of carbonyl (C=O) groups excluding carboxylic acids is 2. The SMILES string of the molecule is O=C(c1ccc2c(c1)nc1n2CCN(C2CCCCC2)C1=O)N1CCCCCC1. The van der Waals surface area contributed by atoms with Crippen molar-refractivity contribution in [2.75, 3.05) is 19.6 Å². The third-order valence-electron chi connectivity index (χ3n) is 6.92. The average Bonchev–Trinajstić information content (AvgIpc) is 2.93. The second-order valence-corrected chi connectivity index (χ2v) is 8.79. The Morgan fingerprint density at radius 1 is 0.897 bits per heavy atom. The Hall–Kier alpha value is -2.37. The van der Waals surface area contributed by atoms with Crippen molar-refractivity contribution in [2.24, 2.45) is 0 Å². The van der Waals surface area contributed by atoms with Crippen molar-refractivity contribution in [3.63, 3.8) is 0 Å². The molecule has 3 aliphatic rings. The van der Waals surface area contributed by atoms with Gasteiger partial charge in [0.1, 0.15) is 0 Å². The van der Waals surface area contributed by atoms with E-state index in [1.165, 1.54) is 32.1 Å². The van der Waals surface area contributed by atoms with Crippen molar-refractivity contribution in [3.05, 3.63) is 29.6 Å². The van der Waals surface area contributed by atoms with Gasteiger partial charge in [0.2, 0.25) is 0 Å². The van der Waals surface area contributed by atoms with Gasteiger partial charge in [-0.3, -0.25) is 9.59 Å². The summed E-state index contributed by atoms with van der Waals surface area (Å²) >= 11 is 0. The minimum Gasteiger partial charge on any atom is -0.339 e. The van der Waals surface area contributed by atoms with Gasteiger partial charge >= 0.3 is 0 Å². The predicted octanol–water partition coefficient (Wildman–Crippen LogP) is 3.84. The van der Waals surface area contributed by atoms with Gasteiger partial charge in [-0.25, -0.2) is 4.98 Å². The number of fused-ring (bicyclic) bond motifs is 3. The Kier molecular flexibility index (Phi) is 5.02. The molecule has 0 spiro atoms. The van der Waals surface area contributed by atoms with Crippen molar-refractivity contribution in [3.8, 4) is 0 Å². The van der Waals surface area contributed by atoms with Gasteiger partial charge < -0.3 is 14.4 Å². The molecule has 1 aromatic heterocycles. The van der Waals surface area contributed by atoms with Crippen molar-refractivity contribution in [2.45, 2.75) is 70.4 Å². The van der Waals surface area contributed by atoms with Crippen molar-refractivity contribution >= 4 is 22.8 Å². The molecule has 0 radical (unpaired) electrons. The van der Waals surface area contributed by atoms with Crippen molar-refractivity contribution in [1.29, 1.82) is 0 Å². The topological polar surface area (TPSA) is 58.4 Å². The first kappa shape index (κ1) is 18.6. The van der Waals surface area contributed by atoms with E-state index in [0.29, 0.717) is 17.4 Å². The maximum atomic E-state index is 13.2. The number of hydrogen-bond acceptors (Lipinski definition) is 3. The quantitative estimate of drug-likeness (QED) is 0.778. The molecule has 0 bridgehead atoms. The Bertz CT molecular complexity index is 920. The fourth-order valence-corrected chi connectivity index (χ4v) is 5.29. The zero-order chi connectivity index (χ0) is 19.8. The molecule has 2 fully saturated rings. The molecule has 2 aromatic rings. The fourth-order valence-electron chi connectivity index (χ4n) is 5.29. The van der Waals surface area contributed by atoms with Crippen LogP contribution in [0, 0.1) is 0 Å². The minimum absolute atomic E-state index is 0.0553. The molecule has 29 heavy (non-hydrogen) atoms. The van der Waals surface area contributed by atoms with Crippen molar-refractivity contribution < 1.29 is 9.59 Å². The van der Waals surface area contributed by atoms with Crippen molar-refractivity contribution in [1.82, 2.24) is 19.4 Å². The van der Waals surface area contributed by atoms with Crippen LogP contribution in [-0.4, -0.2) is 56.8 Å². The van der Waals surface area contributed by atoms with Gasteiger partial charge in [-0.05, 0) is 43.9 Å². The number of benzene rings is 1. The second-order valence-electron chi connectivity index (χ2n) is 8.79. The summed E-state index contributed by atoms with van der Waals surface area (Å²) < 4.78 is 2.04. The highest BCUT2D eigenvalue weighted by Gasteiger charge is 2.33. The Morgan fingerprint density at radius 3 is 2.38 bits per heavy atom. The number of carbonyl (C=O) groups is 2. The summed E-state index contributed by atoms with van der Waals surface area (Å²) in [4.78, 5) is 34.8. The second kappa shape index (κ2) is 7.81. The third-order valence-corrected chi connectivity index (χ3v) is 6.92. The Labute approximate surface area is 171 Å². The number of amides is 2. The lowest BCUT2D eigenvalue weighted by Crippen LogP contribution is -2.47. The summed E-state index contributed by atoms with van der Waals surface area (Å²) in [5.74, 6) is 0.686. The van der Waals surface area contributed by atoms with E-state index in [4.69, 9.17) is 0 Å². The minimum atomic E-state index is 0.0553. The first-order valence-corrected chi connectivity index (χ1v) is 11.3. The highest BCUT2D eigenvalue weighted by molar-refractivity contribution is 6.00. The molecule has 1 saturated carbocycles. The van der Waals surface area contributed by atoms with Gasteiger partial charge in [0.15, 0.2) is 5.82 Å². The number of hydrogen-bond donors (Lipinski definition) is 0. The van der Waals surface area contributed by atoms with Gasteiger partial charge in [-0.15, -0.1) is 0 Å². The van der Waals surface area contributed by atoms with E-state index in [0.717, 1.165) is 62.9 Å². The van der Waals surface area contributed by atoms with E-state index in [-0.39, 0.29) is 11.8 Å². The van der Waals surface area contributed by atoms with Crippen LogP contribution in [0.3, 0.4) is 0 Å². The van der Waals surface area contributed by atoms with E-state index in [2.05, 4.69) is 4.98 Å². The smallest absolute Gasteiger partial charge is 0.290 e. The number of rotatable bonds is 2. The lowest BCUT2D eigenvalue weighted by molar-refractivity contribution is 0.0565. The Morgan fingerprint density at radius 2 is 1.62 bits per heavy atom. The van der Waals surface area contributed by atoms with Crippen LogP contribution in [0.2, 0.25) is 0 Å². The Balaban J connectivity index is 1.42. The predicted molar refractivity (Wildman–Crippen MR) is 112 cm³/mol. The van der Waals surface area contributed by atoms with Gasteiger partial charge in [-0.1, -0.05) is 32.1 Å². The summed E-state index contributed by atoms with van der Waals surface area (Å²) in [7, 11) is 0. The highest BCUT2D eigenvalue weighted by Crippen LogP contribution is 2.28. The van der Waals surface area contributed by atoms with Gasteiger partial charge in [0.05, 0.1) is 11.0 Å². The molecule has 154 valence electrons. The summed E-state index contributed by atoms with van der Waals surface area (Å²) in [6.45, 7) is 3.22. The van der Waals surface area contributed by atoms with Gasteiger partial charge in [0.25, 0.3) is 11.8 Å². The molecule has 1 aromatic carbocycles. The van der Waals surface area contributed by atoms with Crippen LogP contribution < -0.4 is 0 Å². The maximum absolute atomic E-state index is 13.2. The standard InChI is InChI=1S/C23H30N4O2/c28-22(25-12-6-1-2-7-13-25)17-10-11-20-19(16-17)24-21-23(29)26(14-15-27(20)21)18-8-4-3-5-9-18/h10-11,16,18H,1-9,12-15H2. The molecule has 2 amide bonds. The molecule has 2 aliphatic heterocycles. The molecule has 1 aliphatic carbocycles. The van der Waals surface area contributed by atoms with E-state index < -0.39 is 0 Å². The van der Waals surface area contributed by atoms with E-state index in [9.17, 15) is 9.59 Å². The molecule has 0 atom stereocenters. The van der Waals surface area contributed by atoms with Crippen LogP contribution in [-0.2, 0) is 6.54 Å². The molecule has 3 heterocycles. The maximum Gasteiger partial charge on any atom is 0.290 e. The highest BCUT2D eigenvalue weighted by atomic mass is 16.2. The van der Waals surface area contributed by atoms with Crippen LogP contribution >= 0.6 is 0 Å². The summed E-state index contributed by atoms with van der Waals surface area (Å²) in [6.07, 6.45) is 10.5. The zero-order valence-electron chi connectivity index (χ0n) is 17.1. The molecule has 6 nitrogen and oxygen atoms in total.